The molecule has 8 heteroatoms. The second-order valence-electron chi connectivity index (χ2n) is 7.58. The first-order valence-electron chi connectivity index (χ1n) is 10.7. The molecular formula is C23H28N6O2. The molecule has 0 atom stereocenters. The molecule has 0 aliphatic carbocycles. The van der Waals surface area contributed by atoms with Gasteiger partial charge in [0.1, 0.15) is 29.5 Å². The Kier molecular flexibility index (Phi) is 6.45. The van der Waals surface area contributed by atoms with E-state index in [0.717, 1.165) is 49.1 Å². The van der Waals surface area contributed by atoms with E-state index in [1.165, 1.54) is 0 Å². The van der Waals surface area contributed by atoms with Crippen LogP contribution in [0.1, 0.15) is 35.9 Å². The van der Waals surface area contributed by atoms with Crippen LogP contribution in [0.4, 0.5) is 5.82 Å². The average molecular weight is 421 g/mol. The van der Waals surface area contributed by atoms with Gasteiger partial charge in [0.05, 0.1) is 6.61 Å². The molecule has 0 spiro atoms. The Bertz CT molecular complexity index is 1010. The van der Waals surface area contributed by atoms with Crippen LogP contribution in [0.5, 0.6) is 5.75 Å². The van der Waals surface area contributed by atoms with Gasteiger partial charge < -0.3 is 14.5 Å². The van der Waals surface area contributed by atoms with Crippen LogP contribution < -0.4 is 9.64 Å². The largest absolute Gasteiger partial charge is 0.494 e. The summed E-state index contributed by atoms with van der Waals surface area (Å²) in [6.07, 6.45) is 7.35. The molecule has 1 amide bonds. The number of rotatable bonds is 7. The predicted molar refractivity (Wildman–Crippen MR) is 119 cm³/mol. The van der Waals surface area contributed by atoms with Crippen LogP contribution in [0.2, 0.25) is 0 Å². The number of aryl methyl sites for hydroxylation is 1. The van der Waals surface area contributed by atoms with Crippen molar-refractivity contribution < 1.29 is 9.53 Å². The Morgan fingerprint density at radius 1 is 1.03 bits per heavy atom. The minimum absolute atomic E-state index is 0.0529. The maximum Gasteiger partial charge on any atom is 0.253 e. The Labute approximate surface area is 182 Å². The molecule has 4 rings (SSSR count). The summed E-state index contributed by atoms with van der Waals surface area (Å²) >= 11 is 0. The predicted octanol–water partition coefficient (Wildman–Crippen LogP) is 3.11. The highest BCUT2D eigenvalue weighted by atomic mass is 16.5. The van der Waals surface area contributed by atoms with Crippen molar-refractivity contribution in [2.75, 3.05) is 37.7 Å². The molecule has 31 heavy (non-hydrogen) atoms. The Hall–Kier alpha value is -3.42. The van der Waals surface area contributed by atoms with Gasteiger partial charge in [0, 0.05) is 50.2 Å². The van der Waals surface area contributed by atoms with Gasteiger partial charge >= 0.3 is 0 Å². The third-order valence-corrected chi connectivity index (χ3v) is 5.47. The van der Waals surface area contributed by atoms with Crippen molar-refractivity contribution in [1.29, 1.82) is 0 Å². The van der Waals surface area contributed by atoms with Gasteiger partial charge in [0.2, 0.25) is 0 Å². The smallest absolute Gasteiger partial charge is 0.253 e. The normalized spacial score (nSPS) is 14.0. The molecule has 3 heterocycles. The number of hydrogen-bond acceptors (Lipinski definition) is 6. The van der Waals surface area contributed by atoms with E-state index in [0.29, 0.717) is 25.3 Å². The van der Waals surface area contributed by atoms with Crippen LogP contribution in [-0.2, 0) is 0 Å². The van der Waals surface area contributed by atoms with E-state index in [-0.39, 0.29) is 5.91 Å². The first-order valence-corrected chi connectivity index (χ1v) is 10.7. The summed E-state index contributed by atoms with van der Waals surface area (Å²) < 4.78 is 7.62. The number of nitrogens with zero attached hydrogens (tertiary/aromatic N) is 6. The van der Waals surface area contributed by atoms with Crippen molar-refractivity contribution >= 4 is 11.7 Å². The van der Waals surface area contributed by atoms with Gasteiger partial charge in [-0.25, -0.2) is 15.0 Å². The van der Waals surface area contributed by atoms with Crippen molar-refractivity contribution in [3.63, 3.8) is 0 Å². The van der Waals surface area contributed by atoms with Crippen LogP contribution in [0, 0.1) is 6.92 Å². The van der Waals surface area contributed by atoms with E-state index in [1.54, 1.807) is 12.5 Å². The van der Waals surface area contributed by atoms with Crippen molar-refractivity contribution in [1.82, 2.24) is 24.4 Å². The highest BCUT2D eigenvalue weighted by molar-refractivity contribution is 5.94. The number of anilines is 1. The molecule has 1 aliphatic rings. The van der Waals surface area contributed by atoms with Gasteiger partial charge in [0.15, 0.2) is 0 Å². The molecule has 0 unspecified atom stereocenters. The molecule has 0 N–H and O–H groups in total. The van der Waals surface area contributed by atoms with Crippen LogP contribution in [0.3, 0.4) is 0 Å². The fourth-order valence-corrected chi connectivity index (χ4v) is 3.61. The summed E-state index contributed by atoms with van der Waals surface area (Å²) in [7, 11) is 0. The molecule has 0 bridgehead atoms. The van der Waals surface area contributed by atoms with Gasteiger partial charge in [-0.1, -0.05) is 13.3 Å². The van der Waals surface area contributed by atoms with E-state index in [9.17, 15) is 4.79 Å². The highest BCUT2D eigenvalue weighted by Crippen LogP contribution is 2.19. The second-order valence-corrected chi connectivity index (χ2v) is 7.58. The lowest BCUT2D eigenvalue weighted by Crippen LogP contribution is -2.49. The summed E-state index contributed by atoms with van der Waals surface area (Å²) in [5.74, 6) is 3.39. The van der Waals surface area contributed by atoms with E-state index in [4.69, 9.17) is 4.74 Å². The van der Waals surface area contributed by atoms with Gasteiger partial charge in [-0.05, 0) is 37.6 Å². The van der Waals surface area contributed by atoms with Gasteiger partial charge in [0.25, 0.3) is 5.91 Å². The van der Waals surface area contributed by atoms with E-state index < -0.39 is 0 Å². The molecule has 1 aromatic carbocycles. The molecule has 1 fully saturated rings. The van der Waals surface area contributed by atoms with E-state index in [1.807, 2.05) is 52.9 Å². The number of ether oxygens (including phenoxy) is 1. The average Bonchev–Trinajstić information content (AvgIpc) is 3.25. The van der Waals surface area contributed by atoms with Gasteiger partial charge in [-0.15, -0.1) is 0 Å². The maximum absolute atomic E-state index is 12.9. The Morgan fingerprint density at radius 2 is 1.77 bits per heavy atom. The summed E-state index contributed by atoms with van der Waals surface area (Å²) in [5.41, 5.74) is 0.691. The number of hydrogen-bond donors (Lipinski definition) is 0. The van der Waals surface area contributed by atoms with Gasteiger partial charge in [-0.3, -0.25) is 9.36 Å². The lowest BCUT2D eigenvalue weighted by molar-refractivity contribution is 0.0746. The van der Waals surface area contributed by atoms with E-state index in [2.05, 4.69) is 26.8 Å². The SMILES string of the molecule is CCCCOc1ccc(C(=O)N2CCN(c3cc(-n4ccnc4C)ncn3)CC2)cc1. The fraction of sp³-hybridized carbons (Fsp3) is 0.391. The summed E-state index contributed by atoms with van der Waals surface area (Å²) in [5, 5.41) is 0. The zero-order valence-corrected chi connectivity index (χ0v) is 18.1. The molecule has 3 aromatic rings. The maximum atomic E-state index is 12.9. The molecule has 2 aromatic heterocycles. The Balaban J connectivity index is 1.35. The van der Waals surface area contributed by atoms with Crippen LogP contribution in [0.25, 0.3) is 5.82 Å². The zero-order valence-electron chi connectivity index (χ0n) is 18.1. The third-order valence-electron chi connectivity index (χ3n) is 5.47. The van der Waals surface area contributed by atoms with E-state index >= 15 is 0 Å². The molecule has 162 valence electrons. The lowest BCUT2D eigenvalue weighted by atomic mass is 10.1. The minimum atomic E-state index is 0.0529. The first kappa shape index (κ1) is 20.8. The second kappa shape index (κ2) is 9.59. The number of piperazine rings is 1. The minimum Gasteiger partial charge on any atom is -0.494 e. The lowest BCUT2D eigenvalue weighted by Gasteiger charge is -2.35. The van der Waals surface area contributed by atoms with Gasteiger partial charge in [-0.2, -0.15) is 0 Å². The summed E-state index contributed by atoms with van der Waals surface area (Å²) in [4.78, 5) is 30.0. The number of benzene rings is 1. The van der Waals surface area contributed by atoms with Crippen molar-refractivity contribution in [3.05, 3.63) is 60.4 Å². The monoisotopic (exact) mass is 420 g/mol. The number of carbonyl (C=O) groups excluding carboxylic acids is 1. The van der Waals surface area contributed by atoms with Crippen molar-refractivity contribution in [2.45, 2.75) is 26.7 Å². The standard InChI is InChI=1S/C23H28N6O2/c1-3-4-15-31-20-7-5-19(6-8-20)23(30)28-13-11-27(12-14-28)21-16-22(26-17-25-21)29-10-9-24-18(29)2/h5-10,16-17H,3-4,11-15H2,1-2H3. The quantitative estimate of drug-likeness (QED) is 0.547. The molecule has 0 saturated carbocycles. The third kappa shape index (κ3) is 4.84. The Morgan fingerprint density at radius 3 is 2.45 bits per heavy atom. The first-order chi connectivity index (χ1) is 15.2. The number of amides is 1. The topological polar surface area (TPSA) is 76.4 Å². The van der Waals surface area contributed by atoms with Crippen molar-refractivity contribution in [3.8, 4) is 11.6 Å². The molecule has 8 nitrogen and oxygen atoms in total. The summed E-state index contributed by atoms with van der Waals surface area (Å²) in [6, 6.07) is 9.41. The summed E-state index contributed by atoms with van der Waals surface area (Å²) in [6.45, 7) is 7.53. The molecule has 0 radical (unpaired) electrons. The molecular weight excluding hydrogens is 392 g/mol. The molecule has 1 saturated heterocycles. The number of carbonyl (C=O) groups is 1. The number of imidazole rings is 1. The zero-order chi connectivity index (χ0) is 21.6. The number of aromatic nitrogens is 4. The van der Waals surface area contributed by atoms with Crippen molar-refractivity contribution in [2.24, 2.45) is 0 Å². The van der Waals surface area contributed by atoms with Crippen LogP contribution in [-0.4, -0.2) is 63.1 Å². The van der Waals surface area contributed by atoms with Crippen LogP contribution >= 0.6 is 0 Å². The highest BCUT2D eigenvalue weighted by Gasteiger charge is 2.23. The molecule has 1 aliphatic heterocycles. The fourth-order valence-electron chi connectivity index (χ4n) is 3.61. The number of unbranched alkanes of at least 4 members (excludes halogenated alkanes) is 1. The van der Waals surface area contributed by atoms with Crippen LogP contribution in [0.15, 0.2) is 49.1 Å².